The molecule has 0 aliphatic rings. The Labute approximate surface area is 167 Å². The van der Waals surface area contributed by atoms with E-state index in [4.69, 9.17) is 11.6 Å². The molecule has 2 N–H and O–H groups in total. The quantitative estimate of drug-likeness (QED) is 0.622. The molecule has 3 rings (SSSR count). The Morgan fingerprint density at radius 1 is 0.964 bits per heavy atom. The summed E-state index contributed by atoms with van der Waals surface area (Å²) in [7, 11) is -3.87. The van der Waals surface area contributed by atoms with Crippen LogP contribution in [0, 0.1) is 12.7 Å². The van der Waals surface area contributed by atoms with Gasteiger partial charge in [-0.25, -0.2) is 12.8 Å². The van der Waals surface area contributed by atoms with Gasteiger partial charge in [0.1, 0.15) is 5.82 Å². The summed E-state index contributed by atoms with van der Waals surface area (Å²) in [5, 5.41) is 2.43. The second-order valence-corrected chi connectivity index (χ2v) is 8.17. The number of carbonyl (C=O) groups is 1. The molecule has 0 spiro atoms. The van der Waals surface area contributed by atoms with Crippen LogP contribution in [0.3, 0.4) is 0 Å². The van der Waals surface area contributed by atoms with E-state index < -0.39 is 21.7 Å². The Bertz CT molecular complexity index is 1130. The lowest BCUT2D eigenvalue weighted by Gasteiger charge is -2.10. The topological polar surface area (TPSA) is 75.3 Å². The van der Waals surface area contributed by atoms with E-state index in [0.717, 1.165) is 11.6 Å². The van der Waals surface area contributed by atoms with Crippen molar-refractivity contribution in [3.63, 3.8) is 0 Å². The third-order valence-corrected chi connectivity index (χ3v) is 5.56. The Kier molecular flexibility index (Phi) is 5.67. The minimum Gasteiger partial charge on any atom is -0.322 e. The van der Waals surface area contributed by atoms with Gasteiger partial charge in [0, 0.05) is 16.9 Å². The lowest BCUT2D eigenvalue weighted by molar-refractivity contribution is 0.102. The molecule has 0 unspecified atom stereocenters. The standard InChI is InChI=1S/C20H16ClFN2O3S/c1-13-5-7-15(8-6-13)24-28(26,27)17-4-2-3-14(11-17)20(25)23-16-9-10-19(22)18(21)12-16/h2-12,24H,1H3,(H,23,25). The average molecular weight is 419 g/mol. The number of hydrogen-bond acceptors (Lipinski definition) is 3. The maximum atomic E-state index is 13.2. The molecule has 3 aromatic carbocycles. The van der Waals surface area contributed by atoms with Gasteiger partial charge in [0.2, 0.25) is 0 Å². The summed E-state index contributed by atoms with van der Waals surface area (Å²) in [5.41, 5.74) is 1.85. The normalized spacial score (nSPS) is 11.1. The van der Waals surface area contributed by atoms with E-state index in [9.17, 15) is 17.6 Å². The van der Waals surface area contributed by atoms with Crippen LogP contribution in [-0.4, -0.2) is 14.3 Å². The van der Waals surface area contributed by atoms with Crippen LogP contribution in [-0.2, 0) is 10.0 Å². The second-order valence-electron chi connectivity index (χ2n) is 6.08. The van der Waals surface area contributed by atoms with Gasteiger partial charge in [-0.15, -0.1) is 0 Å². The summed E-state index contributed by atoms with van der Waals surface area (Å²) >= 11 is 5.70. The van der Waals surface area contributed by atoms with Gasteiger partial charge in [-0.2, -0.15) is 0 Å². The van der Waals surface area contributed by atoms with Gasteiger partial charge in [-0.3, -0.25) is 9.52 Å². The van der Waals surface area contributed by atoms with E-state index in [1.165, 1.54) is 36.4 Å². The van der Waals surface area contributed by atoms with Crippen LogP contribution in [0.15, 0.2) is 71.6 Å². The molecule has 5 nitrogen and oxygen atoms in total. The van der Waals surface area contributed by atoms with Gasteiger partial charge < -0.3 is 5.32 Å². The van der Waals surface area contributed by atoms with Crippen LogP contribution in [0.5, 0.6) is 0 Å². The van der Waals surface area contributed by atoms with Gasteiger partial charge in [0.15, 0.2) is 0 Å². The number of aryl methyl sites for hydroxylation is 1. The summed E-state index contributed by atoms with van der Waals surface area (Å²) in [6.45, 7) is 1.90. The fourth-order valence-electron chi connectivity index (χ4n) is 2.42. The van der Waals surface area contributed by atoms with E-state index in [0.29, 0.717) is 11.4 Å². The number of hydrogen-bond donors (Lipinski definition) is 2. The van der Waals surface area contributed by atoms with Gasteiger partial charge in [0.05, 0.1) is 9.92 Å². The van der Waals surface area contributed by atoms with E-state index >= 15 is 0 Å². The van der Waals surface area contributed by atoms with Crippen molar-refractivity contribution in [3.05, 3.63) is 88.7 Å². The molecule has 0 aliphatic carbocycles. The molecule has 0 aromatic heterocycles. The predicted octanol–water partition coefficient (Wildman–Crippen LogP) is 4.84. The smallest absolute Gasteiger partial charge is 0.261 e. The first-order chi connectivity index (χ1) is 13.2. The number of rotatable bonds is 5. The summed E-state index contributed by atoms with van der Waals surface area (Å²) in [6, 6.07) is 16.2. The number of nitrogens with one attached hydrogen (secondary N) is 2. The monoisotopic (exact) mass is 418 g/mol. The zero-order chi connectivity index (χ0) is 20.3. The molecular weight excluding hydrogens is 403 g/mol. The van der Waals surface area contributed by atoms with Crippen molar-refractivity contribution >= 4 is 38.9 Å². The Hall–Kier alpha value is -2.90. The van der Waals surface area contributed by atoms with Crippen molar-refractivity contribution in [1.29, 1.82) is 0 Å². The summed E-state index contributed by atoms with van der Waals surface area (Å²) in [5.74, 6) is -1.15. The van der Waals surface area contributed by atoms with Crippen LogP contribution in [0.1, 0.15) is 15.9 Å². The summed E-state index contributed by atoms with van der Waals surface area (Å²) < 4.78 is 40.9. The number of halogens is 2. The second kappa shape index (κ2) is 8.00. The summed E-state index contributed by atoms with van der Waals surface area (Å²) in [6.07, 6.45) is 0. The number of carbonyl (C=O) groups excluding carboxylic acids is 1. The van der Waals surface area contributed by atoms with Crippen molar-refractivity contribution in [3.8, 4) is 0 Å². The van der Waals surface area contributed by atoms with E-state index in [1.807, 2.05) is 6.92 Å². The largest absolute Gasteiger partial charge is 0.322 e. The molecule has 0 saturated carbocycles. The first-order valence-corrected chi connectivity index (χ1v) is 10.1. The molecule has 28 heavy (non-hydrogen) atoms. The predicted molar refractivity (Wildman–Crippen MR) is 108 cm³/mol. The molecule has 0 radical (unpaired) electrons. The van der Waals surface area contributed by atoms with Crippen molar-refractivity contribution in [2.45, 2.75) is 11.8 Å². The highest BCUT2D eigenvalue weighted by molar-refractivity contribution is 7.92. The van der Waals surface area contributed by atoms with Crippen LogP contribution in [0.25, 0.3) is 0 Å². The van der Waals surface area contributed by atoms with Gasteiger partial charge in [0.25, 0.3) is 15.9 Å². The first kappa shape index (κ1) is 19.9. The minimum atomic E-state index is -3.87. The van der Waals surface area contributed by atoms with Gasteiger partial charge in [-0.05, 0) is 55.5 Å². The molecule has 8 heteroatoms. The first-order valence-electron chi connectivity index (χ1n) is 8.20. The molecule has 0 bridgehead atoms. The molecule has 1 amide bonds. The summed E-state index contributed by atoms with van der Waals surface area (Å²) in [4.78, 5) is 12.4. The van der Waals surface area contributed by atoms with E-state index in [1.54, 1.807) is 24.3 Å². The van der Waals surface area contributed by atoms with Crippen LogP contribution >= 0.6 is 11.6 Å². The molecule has 0 aliphatic heterocycles. The molecule has 0 saturated heterocycles. The number of sulfonamides is 1. The van der Waals surface area contributed by atoms with E-state index in [2.05, 4.69) is 10.0 Å². The maximum absolute atomic E-state index is 13.2. The lowest BCUT2D eigenvalue weighted by Crippen LogP contribution is -2.16. The fourth-order valence-corrected chi connectivity index (χ4v) is 3.70. The third-order valence-electron chi connectivity index (χ3n) is 3.89. The van der Waals surface area contributed by atoms with Crippen molar-refractivity contribution in [2.75, 3.05) is 10.0 Å². The van der Waals surface area contributed by atoms with Crippen molar-refractivity contribution in [1.82, 2.24) is 0 Å². The number of amides is 1. The highest BCUT2D eigenvalue weighted by atomic mass is 35.5. The number of benzene rings is 3. The van der Waals surface area contributed by atoms with Crippen LogP contribution in [0.4, 0.5) is 15.8 Å². The molecule has 0 atom stereocenters. The zero-order valence-electron chi connectivity index (χ0n) is 14.7. The maximum Gasteiger partial charge on any atom is 0.261 e. The van der Waals surface area contributed by atoms with Gasteiger partial charge in [-0.1, -0.05) is 35.4 Å². The highest BCUT2D eigenvalue weighted by Crippen LogP contribution is 2.21. The minimum absolute atomic E-state index is 0.0575. The number of anilines is 2. The van der Waals surface area contributed by atoms with Crippen molar-refractivity contribution in [2.24, 2.45) is 0 Å². The zero-order valence-corrected chi connectivity index (χ0v) is 16.3. The van der Waals surface area contributed by atoms with E-state index in [-0.39, 0.29) is 15.5 Å². The molecular formula is C20H16ClFN2O3S. The highest BCUT2D eigenvalue weighted by Gasteiger charge is 2.17. The molecule has 3 aromatic rings. The van der Waals surface area contributed by atoms with Crippen LogP contribution in [0.2, 0.25) is 5.02 Å². The molecule has 0 heterocycles. The van der Waals surface area contributed by atoms with Crippen LogP contribution < -0.4 is 10.0 Å². The molecule has 0 fully saturated rings. The fraction of sp³-hybridized carbons (Fsp3) is 0.0500. The lowest BCUT2D eigenvalue weighted by atomic mass is 10.2. The van der Waals surface area contributed by atoms with Crippen molar-refractivity contribution < 1.29 is 17.6 Å². The Morgan fingerprint density at radius 2 is 1.64 bits per heavy atom. The average Bonchev–Trinajstić information content (AvgIpc) is 2.66. The van der Waals surface area contributed by atoms with Gasteiger partial charge >= 0.3 is 0 Å². The SMILES string of the molecule is Cc1ccc(NS(=O)(=O)c2cccc(C(=O)Nc3ccc(F)c(Cl)c3)c2)cc1. The Balaban J connectivity index is 1.81. The Morgan fingerprint density at radius 3 is 2.32 bits per heavy atom. The third kappa shape index (κ3) is 4.68. The molecule has 144 valence electrons.